The maximum Gasteiger partial charge on any atom is 0.328 e. The Hall–Kier alpha value is -8.96. The summed E-state index contributed by atoms with van der Waals surface area (Å²) in [6.07, 6.45) is 0. The third-order valence-electron chi connectivity index (χ3n) is 9.75. The molecule has 0 atom stereocenters. The summed E-state index contributed by atoms with van der Waals surface area (Å²) >= 11 is 0. The zero-order valence-corrected chi connectivity index (χ0v) is 39.0. The smallest absolute Gasteiger partial charge is 0.328 e. The molecule has 0 unspecified atom stereocenters. The van der Waals surface area contributed by atoms with E-state index in [4.69, 9.17) is 43.6 Å². The first-order valence-electron chi connectivity index (χ1n) is 21.2. The van der Waals surface area contributed by atoms with E-state index in [1.54, 1.807) is 37.3 Å². The number of nitrogens with two attached hydrogens (primary N) is 1. The Kier molecular flexibility index (Phi) is 18.6. The quantitative estimate of drug-likeness (QED) is 0.0263. The predicted molar refractivity (Wildman–Crippen MR) is 243 cm³/mol. The van der Waals surface area contributed by atoms with Crippen molar-refractivity contribution in [3.05, 3.63) is 83.4 Å². The summed E-state index contributed by atoms with van der Waals surface area (Å²) < 4.78 is 51.2. The number of aryl methyl sites for hydroxylation is 1. The van der Waals surface area contributed by atoms with Crippen LogP contribution in [0.1, 0.15) is 54.0 Å². The van der Waals surface area contributed by atoms with Gasteiger partial charge in [-0.25, -0.2) is 4.90 Å². The maximum atomic E-state index is 14.2. The molecule has 376 valence electrons. The molecule has 2 N–H and O–H groups in total. The molecular weight excluding hydrogens is 941 g/mol. The van der Waals surface area contributed by atoms with Crippen LogP contribution in [0.4, 0.5) is 22.7 Å². The van der Waals surface area contributed by atoms with Crippen molar-refractivity contribution in [1.82, 2.24) is 0 Å². The van der Waals surface area contributed by atoms with Crippen molar-refractivity contribution < 1.29 is 95.3 Å². The first-order valence-corrected chi connectivity index (χ1v) is 21.2. The standard InChI is InChI=1S/C47H48N4O20/c1-27-9-13-37(49(19-41(56)68-23-64-28(2)52)20-42(57)69-24-65-29(3)53)39(17-27)62-15-16-63-40-18-32(51-46(60)34-8-6-7-33-36(48)12-11-35(45(33)34)47(51)61)10-14-38(40)50(21-43(58)70-25-66-30(4)54)22-44(59)71-26-67-31(5)55/h6-14,17-18H,15-16,19-26,48H2,1-5H3. The van der Waals surface area contributed by atoms with E-state index < -0.39 is 113 Å². The number of rotatable bonds is 24. The summed E-state index contributed by atoms with van der Waals surface area (Å²) in [6, 6.07) is 16.6. The van der Waals surface area contributed by atoms with Gasteiger partial charge in [-0.2, -0.15) is 0 Å². The summed E-state index contributed by atoms with van der Waals surface area (Å²) in [5, 5.41) is 0.859. The van der Waals surface area contributed by atoms with E-state index in [1.165, 1.54) is 41.3 Å². The third kappa shape index (κ3) is 15.0. The Morgan fingerprint density at radius 1 is 0.507 bits per heavy atom. The van der Waals surface area contributed by atoms with Gasteiger partial charge in [0, 0.05) is 61.3 Å². The predicted octanol–water partition coefficient (Wildman–Crippen LogP) is 2.86. The van der Waals surface area contributed by atoms with E-state index >= 15 is 0 Å². The zero-order valence-electron chi connectivity index (χ0n) is 39.0. The molecule has 4 aromatic rings. The molecule has 0 saturated carbocycles. The monoisotopic (exact) mass is 988 g/mol. The van der Waals surface area contributed by atoms with Gasteiger partial charge < -0.3 is 62.9 Å². The van der Waals surface area contributed by atoms with Crippen molar-refractivity contribution >= 4 is 93.1 Å². The molecule has 0 spiro atoms. The minimum atomic E-state index is -0.996. The van der Waals surface area contributed by atoms with Crippen LogP contribution in [-0.4, -0.2) is 126 Å². The number of nitrogens with zero attached hydrogens (tertiary/aromatic N) is 3. The third-order valence-corrected chi connectivity index (χ3v) is 9.75. The van der Waals surface area contributed by atoms with E-state index in [1.807, 2.05) is 0 Å². The molecule has 0 fully saturated rings. The number of amides is 2. The minimum absolute atomic E-state index is 0.00300. The molecular formula is C47H48N4O20. The number of hydrogen-bond acceptors (Lipinski definition) is 23. The number of ether oxygens (including phenoxy) is 10. The van der Waals surface area contributed by atoms with Gasteiger partial charge in [-0.3, -0.25) is 47.9 Å². The van der Waals surface area contributed by atoms with Crippen molar-refractivity contribution in [2.75, 3.05) is 87.0 Å². The highest BCUT2D eigenvalue weighted by molar-refractivity contribution is 6.36. The largest absolute Gasteiger partial charge is 0.488 e. The molecule has 0 saturated heterocycles. The summed E-state index contributed by atoms with van der Waals surface area (Å²) in [5.41, 5.74) is 7.72. The van der Waals surface area contributed by atoms with Gasteiger partial charge >= 0.3 is 47.8 Å². The normalized spacial score (nSPS) is 11.4. The van der Waals surface area contributed by atoms with Crippen molar-refractivity contribution in [2.45, 2.75) is 34.6 Å². The van der Waals surface area contributed by atoms with Crippen LogP contribution < -0.4 is 29.9 Å². The molecule has 1 heterocycles. The molecule has 2 amide bonds. The molecule has 71 heavy (non-hydrogen) atoms. The van der Waals surface area contributed by atoms with E-state index in [0.717, 1.165) is 37.5 Å². The van der Waals surface area contributed by atoms with Crippen molar-refractivity contribution in [3.63, 3.8) is 0 Å². The Labute approximate surface area is 404 Å². The van der Waals surface area contributed by atoms with Crippen LogP contribution in [0.2, 0.25) is 0 Å². The highest BCUT2D eigenvalue weighted by Gasteiger charge is 2.35. The van der Waals surface area contributed by atoms with Crippen LogP contribution in [0.5, 0.6) is 11.5 Å². The lowest BCUT2D eigenvalue weighted by molar-refractivity contribution is -0.167. The van der Waals surface area contributed by atoms with Gasteiger partial charge in [-0.15, -0.1) is 0 Å². The van der Waals surface area contributed by atoms with Gasteiger partial charge in [-0.1, -0.05) is 18.2 Å². The Balaban J connectivity index is 1.49. The molecule has 5 rings (SSSR count). The van der Waals surface area contributed by atoms with E-state index in [0.29, 0.717) is 22.0 Å². The second-order valence-corrected chi connectivity index (χ2v) is 15.0. The first kappa shape index (κ1) is 53.0. The van der Waals surface area contributed by atoms with Crippen LogP contribution in [0.25, 0.3) is 10.8 Å². The van der Waals surface area contributed by atoms with E-state index in [9.17, 15) is 47.9 Å². The number of carbonyl (C=O) groups excluding carboxylic acids is 10. The number of hydrogen-bond donors (Lipinski definition) is 1. The molecule has 1 aliphatic heterocycles. The first-order chi connectivity index (χ1) is 33.8. The fourth-order valence-corrected chi connectivity index (χ4v) is 6.64. The molecule has 0 radical (unpaired) electrons. The van der Waals surface area contributed by atoms with Crippen LogP contribution in [0.15, 0.2) is 66.7 Å². The van der Waals surface area contributed by atoms with E-state index in [2.05, 4.69) is 9.47 Å². The lowest BCUT2D eigenvalue weighted by Gasteiger charge is -2.30. The summed E-state index contributed by atoms with van der Waals surface area (Å²) in [7, 11) is 0. The van der Waals surface area contributed by atoms with Crippen LogP contribution in [0, 0.1) is 6.92 Å². The summed E-state index contributed by atoms with van der Waals surface area (Å²) in [4.78, 5) is 129. The van der Waals surface area contributed by atoms with Gasteiger partial charge in [0.2, 0.25) is 27.2 Å². The topological polar surface area (TPSA) is 299 Å². The number of esters is 8. The fourth-order valence-electron chi connectivity index (χ4n) is 6.64. The average Bonchev–Trinajstić information content (AvgIpc) is 3.29. The molecule has 1 aliphatic rings. The molecule has 0 aromatic heterocycles. The Morgan fingerprint density at radius 2 is 0.915 bits per heavy atom. The lowest BCUT2D eigenvalue weighted by atomic mass is 9.93. The number of anilines is 4. The molecule has 0 bridgehead atoms. The molecule has 0 aliphatic carbocycles. The number of nitrogen functional groups attached to an aromatic ring is 1. The van der Waals surface area contributed by atoms with Crippen LogP contribution >= 0.6 is 0 Å². The SMILES string of the molecule is CC(=O)OCOC(=O)CN(CC(=O)OCOC(C)=O)c1ccc(C)cc1OCCOc1cc(N2C(=O)c3cccc4c(N)ccc(c34)C2=O)ccc1N(CC(=O)OCOC(C)=O)CC(=O)OCOC(C)=O. The van der Waals surface area contributed by atoms with Gasteiger partial charge in [0.05, 0.1) is 17.1 Å². The van der Waals surface area contributed by atoms with Crippen LogP contribution in [0.3, 0.4) is 0 Å². The Bertz CT molecular complexity index is 2630. The van der Waals surface area contributed by atoms with Crippen molar-refractivity contribution in [1.29, 1.82) is 0 Å². The summed E-state index contributed by atoms with van der Waals surface area (Å²) in [5.74, 6) is -8.20. The number of imide groups is 1. The van der Waals surface area contributed by atoms with E-state index in [-0.39, 0.29) is 52.9 Å². The fraction of sp³-hybridized carbons (Fsp3) is 0.319. The van der Waals surface area contributed by atoms with Crippen molar-refractivity contribution in [2.24, 2.45) is 0 Å². The van der Waals surface area contributed by atoms with Gasteiger partial charge in [-0.05, 0) is 55.0 Å². The zero-order chi connectivity index (χ0) is 51.8. The highest BCUT2D eigenvalue weighted by atomic mass is 16.7. The minimum Gasteiger partial charge on any atom is -0.488 e. The average molecular weight is 989 g/mol. The Morgan fingerprint density at radius 3 is 1.35 bits per heavy atom. The van der Waals surface area contributed by atoms with Gasteiger partial charge in [0.25, 0.3) is 11.8 Å². The van der Waals surface area contributed by atoms with Crippen molar-refractivity contribution in [3.8, 4) is 11.5 Å². The molecule has 4 aromatic carbocycles. The number of carbonyl (C=O) groups is 10. The van der Waals surface area contributed by atoms with Crippen LogP contribution in [-0.2, 0) is 76.3 Å². The second-order valence-electron chi connectivity index (χ2n) is 15.0. The molecule has 24 nitrogen and oxygen atoms in total. The second kappa shape index (κ2) is 24.9. The van der Waals surface area contributed by atoms with Gasteiger partial charge in [0.15, 0.2) is 0 Å². The number of benzene rings is 4. The lowest BCUT2D eigenvalue weighted by Crippen LogP contribution is -2.40. The molecule has 24 heteroatoms. The summed E-state index contributed by atoms with van der Waals surface area (Å²) in [6.45, 7) is -0.0592. The highest BCUT2D eigenvalue weighted by Crippen LogP contribution is 2.39. The van der Waals surface area contributed by atoms with Gasteiger partial charge in [0.1, 0.15) is 50.9 Å². The maximum absolute atomic E-state index is 14.2.